The Hall–Kier alpha value is -0.410. The van der Waals surface area contributed by atoms with Gasteiger partial charge in [-0.15, -0.1) is 0 Å². The molecule has 2 rings (SSSR count). The Morgan fingerprint density at radius 3 is 3.10 bits per heavy atom. The molecule has 1 aliphatic heterocycles. The van der Waals surface area contributed by atoms with Crippen molar-refractivity contribution in [1.29, 1.82) is 0 Å². The first-order valence-electron chi connectivity index (χ1n) is 3.34. The first-order valence-corrected chi connectivity index (χ1v) is 3.74. The van der Waals surface area contributed by atoms with Gasteiger partial charge < -0.3 is 4.42 Å². The van der Waals surface area contributed by atoms with Crippen LogP contribution in [0.15, 0.2) is 16.9 Å². The maximum atomic E-state index is 5.06. The minimum atomic E-state index is 0.912. The molecule has 0 aliphatic carbocycles. The molecule has 0 spiro atoms. The van der Waals surface area contributed by atoms with Gasteiger partial charge in [0.15, 0.2) is 0 Å². The molecule has 2 nitrogen and oxygen atoms in total. The Kier molecular flexibility index (Phi) is 1.47. The number of hydrogen-bond donors (Lipinski definition) is 1. The Morgan fingerprint density at radius 1 is 1.40 bits per heavy atom. The molecular formula is C7H9NOS. The third-order valence-corrected chi connectivity index (χ3v) is 2.17. The fraction of sp³-hybridized carbons (Fsp3) is 0.429. The quantitative estimate of drug-likeness (QED) is 0.571. The Labute approximate surface area is 65.4 Å². The van der Waals surface area contributed by atoms with E-state index in [2.05, 4.69) is 12.8 Å². The minimum absolute atomic E-state index is 0.912. The van der Waals surface area contributed by atoms with Crippen LogP contribution >= 0.6 is 12.8 Å². The number of furan rings is 1. The Balaban J connectivity index is 2.30. The molecule has 10 heavy (non-hydrogen) atoms. The lowest BCUT2D eigenvalue weighted by Crippen LogP contribution is -2.20. The Bertz CT molecular complexity index is 233. The van der Waals surface area contributed by atoms with Crippen LogP contribution < -0.4 is 0 Å². The van der Waals surface area contributed by atoms with E-state index in [0.29, 0.717) is 0 Å². The molecule has 0 fully saturated rings. The fourth-order valence-electron chi connectivity index (χ4n) is 1.23. The second-order valence-electron chi connectivity index (χ2n) is 2.56. The zero-order valence-corrected chi connectivity index (χ0v) is 6.47. The number of rotatable bonds is 0. The summed E-state index contributed by atoms with van der Waals surface area (Å²) in [7, 11) is 0. The molecule has 2 heterocycles. The van der Waals surface area contributed by atoms with Crippen molar-refractivity contribution < 1.29 is 4.42 Å². The maximum Gasteiger partial charge on any atom is 0.0950 e. The number of hydrogen-bond acceptors (Lipinski definition) is 3. The largest absolute Gasteiger partial charge is 0.472 e. The van der Waals surface area contributed by atoms with Gasteiger partial charge in [0.05, 0.1) is 12.5 Å². The van der Waals surface area contributed by atoms with Crippen molar-refractivity contribution in [2.24, 2.45) is 0 Å². The van der Waals surface area contributed by atoms with Crippen LogP contribution in [-0.4, -0.2) is 10.8 Å². The molecule has 0 bridgehead atoms. The van der Waals surface area contributed by atoms with Gasteiger partial charge in [0.2, 0.25) is 0 Å². The van der Waals surface area contributed by atoms with Gasteiger partial charge in [0.25, 0.3) is 0 Å². The van der Waals surface area contributed by atoms with Gasteiger partial charge in [-0.2, -0.15) is 0 Å². The normalized spacial score (nSPS) is 18.9. The van der Waals surface area contributed by atoms with Crippen LogP contribution in [0.25, 0.3) is 0 Å². The standard InChI is InChI=1S/C7H9NOS/c10-8-2-1-6-4-9-5-7(6)3-8/h4-5,10H,1-3H2. The van der Waals surface area contributed by atoms with E-state index in [9.17, 15) is 0 Å². The summed E-state index contributed by atoms with van der Waals surface area (Å²) in [5.41, 5.74) is 2.62. The molecule has 1 aromatic rings. The molecule has 0 N–H and O–H groups in total. The predicted molar refractivity (Wildman–Crippen MR) is 41.8 cm³/mol. The molecule has 1 aliphatic rings. The van der Waals surface area contributed by atoms with Crippen molar-refractivity contribution in [3.8, 4) is 0 Å². The smallest absolute Gasteiger partial charge is 0.0950 e. The van der Waals surface area contributed by atoms with E-state index in [1.807, 2.05) is 10.6 Å². The summed E-state index contributed by atoms with van der Waals surface area (Å²) in [4.78, 5) is 0. The van der Waals surface area contributed by atoms with E-state index in [4.69, 9.17) is 4.42 Å². The van der Waals surface area contributed by atoms with Crippen molar-refractivity contribution in [2.45, 2.75) is 13.0 Å². The molecule has 0 atom stereocenters. The zero-order valence-electron chi connectivity index (χ0n) is 5.58. The van der Waals surface area contributed by atoms with Gasteiger partial charge in [-0.1, -0.05) is 12.8 Å². The number of fused-ring (bicyclic) bond motifs is 1. The third-order valence-electron chi connectivity index (χ3n) is 1.83. The first-order chi connectivity index (χ1) is 4.86. The fourth-order valence-corrected chi connectivity index (χ4v) is 1.49. The van der Waals surface area contributed by atoms with Gasteiger partial charge in [0.1, 0.15) is 0 Å². The van der Waals surface area contributed by atoms with E-state index in [1.54, 1.807) is 6.26 Å². The van der Waals surface area contributed by atoms with Crippen molar-refractivity contribution in [2.75, 3.05) is 6.54 Å². The lowest BCUT2D eigenvalue weighted by Gasteiger charge is -2.19. The summed E-state index contributed by atoms with van der Waals surface area (Å²) in [6.07, 6.45) is 4.70. The van der Waals surface area contributed by atoms with Crippen molar-refractivity contribution in [3.63, 3.8) is 0 Å². The maximum absolute atomic E-state index is 5.06. The van der Waals surface area contributed by atoms with Gasteiger partial charge in [-0.05, 0) is 12.0 Å². The first kappa shape index (κ1) is 6.31. The van der Waals surface area contributed by atoms with Crippen LogP contribution in [0.1, 0.15) is 11.1 Å². The Morgan fingerprint density at radius 2 is 2.20 bits per heavy atom. The minimum Gasteiger partial charge on any atom is -0.472 e. The molecule has 0 saturated carbocycles. The van der Waals surface area contributed by atoms with E-state index in [0.717, 1.165) is 19.5 Å². The molecule has 0 amide bonds. The van der Waals surface area contributed by atoms with E-state index < -0.39 is 0 Å². The van der Waals surface area contributed by atoms with Crippen molar-refractivity contribution in [1.82, 2.24) is 4.31 Å². The van der Waals surface area contributed by atoms with Crippen LogP contribution in [0, 0.1) is 0 Å². The highest BCUT2D eigenvalue weighted by molar-refractivity contribution is 7.77. The van der Waals surface area contributed by atoms with E-state index in [1.165, 1.54) is 11.1 Å². The average Bonchev–Trinajstić information content (AvgIpc) is 2.33. The summed E-state index contributed by atoms with van der Waals surface area (Å²) in [5.74, 6) is 0. The molecule has 0 saturated heterocycles. The molecule has 0 radical (unpaired) electrons. The van der Waals surface area contributed by atoms with Crippen LogP contribution in [-0.2, 0) is 13.0 Å². The predicted octanol–water partition coefficient (Wildman–Crippen LogP) is 1.48. The topological polar surface area (TPSA) is 16.4 Å². The molecule has 0 aromatic carbocycles. The summed E-state index contributed by atoms with van der Waals surface area (Å²) < 4.78 is 7.05. The SMILES string of the molecule is SN1CCc2cocc2C1. The molecule has 1 aromatic heterocycles. The lowest BCUT2D eigenvalue weighted by molar-refractivity contribution is 0.451. The second-order valence-corrected chi connectivity index (χ2v) is 3.13. The lowest BCUT2D eigenvalue weighted by atomic mass is 10.1. The zero-order chi connectivity index (χ0) is 6.97. The number of thiol groups is 1. The monoisotopic (exact) mass is 155 g/mol. The van der Waals surface area contributed by atoms with Gasteiger partial charge >= 0.3 is 0 Å². The van der Waals surface area contributed by atoms with Crippen LogP contribution in [0.5, 0.6) is 0 Å². The summed E-state index contributed by atoms with van der Waals surface area (Å²) in [6.45, 7) is 1.94. The molecular weight excluding hydrogens is 146 g/mol. The third kappa shape index (κ3) is 0.954. The highest BCUT2D eigenvalue weighted by Crippen LogP contribution is 2.20. The second kappa shape index (κ2) is 2.32. The molecule has 3 heteroatoms. The summed E-state index contributed by atoms with van der Waals surface area (Å²) in [5, 5.41) is 0. The van der Waals surface area contributed by atoms with Crippen molar-refractivity contribution >= 4 is 12.8 Å². The highest BCUT2D eigenvalue weighted by atomic mass is 32.1. The van der Waals surface area contributed by atoms with Crippen LogP contribution in [0.3, 0.4) is 0 Å². The van der Waals surface area contributed by atoms with Gasteiger partial charge in [0, 0.05) is 18.7 Å². The van der Waals surface area contributed by atoms with Gasteiger partial charge in [-0.3, -0.25) is 0 Å². The van der Waals surface area contributed by atoms with Crippen molar-refractivity contribution in [3.05, 3.63) is 23.7 Å². The van der Waals surface area contributed by atoms with Crippen LogP contribution in [0.4, 0.5) is 0 Å². The van der Waals surface area contributed by atoms with Gasteiger partial charge in [-0.25, -0.2) is 4.31 Å². The van der Waals surface area contributed by atoms with Crippen LogP contribution in [0.2, 0.25) is 0 Å². The highest BCUT2D eigenvalue weighted by Gasteiger charge is 2.14. The average molecular weight is 155 g/mol. The summed E-state index contributed by atoms with van der Waals surface area (Å²) >= 11 is 4.25. The molecule has 0 unspecified atom stereocenters. The summed E-state index contributed by atoms with van der Waals surface area (Å²) in [6, 6.07) is 0. The van der Waals surface area contributed by atoms with E-state index >= 15 is 0 Å². The number of nitrogens with zero attached hydrogens (tertiary/aromatic N) is 1. The molecule has 54 valence electrons. The van der Waals surface area contributed by atoms with E-state index in [-0.39, 0.29) is 0 Å².